The van der Waals surface area contributed by atoms with E-state index in [1.54, 1.807) is 12.1 Å². The SMILES string of the molecule is N[C@H]1CC12CC(C(=O)N1CCc3ccccc3[C@@H]1c1ccc(F)cc1)C2. The average Bonchev–Trinajstić information content (AvgIpc) is 3.31. The minimum atomic E-state index is -0.251. The van der Waals surface area contributed by atoms with Crippen LogP contribution in [0, 0.1) is 17.2 Å². The molecule has 2 saturated carbocycles. The fourth-order valence-corrected chi connectivity index (χ4v) is 4.99. The van der Waals surface area contributed by atoms with E-state index in [-0.39, 0.29) is 29.1 Å². The van der Waals surface area contributed by atoms with Crippen molar-refractivity contribution in [3.05, 3.63) is 71.0 Å². The third kappa shape index (κ3) is 2.39. The second-order valence-corrected chi connectivity index (χ2v) is 8.21. The molecule has 0 aromatic heterocycles. The fourth-order valence-electron chi connectivity index (χ4n) is 4.99. The molecule has 0 unspecified atom stereocenters. The lowest BCUT2D eigenvalue weighted by Gasteiger charge is -2.44. The summed E-state index contributed by atoms with van der Waals surface area (Å²) in [6.07, 6.45) is 3.81. The normalized spacial score (nSPS) is 32.1. The van der Waals surface area contributed by atoms with Crippen LogP contribution in [0.4, 0.5) is 4.39 Å². The van der Waals surface area contributed by atoms with E-state index in [1.165, 1.54) is 17.7 Å². The molecule has 1 spiro atoms. The number of nitrogens with zero attached hydrogens (tertiary/aromatic N) is 1. The third-order valence-corrected chi connectivity index (χ3v) is 6.66. The largest absolute Gasteiger partial charge is 0.331 e. The van der Waals surface area contributed by atoms with Crippen LogP contribution < -0.4 is 5.73 Å². The molecule has 2 aromatic carbocycles. The summed E-state index contributed by atoms with van der Waals surface area (Å²) in [7, 11) is 0. The molecule has 2 fully saturated rings. The van der Waals surface area contributed by atoms with E-state index in [1.807, 2.05) is 17.0 Å². The molecule has 2 atom stereocenters. The van der Waals surface area contributed by atoms with Gasteiger partial charge in [-0.25, -0.2) is 4.39 Å². The average molecular weight is 350 g/mol. The monoisotopic (exact) mass is 350 g/mol. The number of nitrogens with two attached hydrogens (primary N) is 1. The van der Waals surface area contributed by atoms with Crippen molar-refractivity contribution in [3.8, 4) is 0 Å². The standard InChI is InChI=1S/C22H23FN2O/c23-17-7-5-15(6-8-17)20-18-4-2-1-3-14(18)9-10-25(20)21(26)16-11-22(12-16)13-19(22)24/h1-8,16,19-20H,9-13,24H2/t16?,19-,20-,22?/m0/s1. The summed E-state index contributed by atoms with van der Waals surface area (Å²) in [5.74, 6) is 0.0784. The molecule has 0 saturated heterocycles. The molecule has 1 amide bonds. The van der Waals surface area contributed by atoms with Crippen LogP contribution in [0.15, 0.2) is 48.5 Å². The lowest BCUT2D eigenvalue weighted by molar-refractivity contribution is -0.143. The van der Waals surface area contributed by atoms with Gasteiger partial charge in [0.1, 0.15) is 5.82 Å². The second-order valence-electron chi connectivity index (χ2n) is 8.21. The molecular formula is C22H23FN2O. The smallest absolute Gasteiger partial charge is 0.226 e. The zero-order valence-corrected chi connectivity index (χ0v) is 14.7. The summed E-state index contributed by atoms with van der Waals surface area (Å²) >= 11 is 0. The molecule has 1 heterocycles. The Balaban J connectivity index is 1.48. The molecule has 2 aromatic rings. The zero-order chi connectivity index (χ0) is 17.9. The lowest BCUT2D eigenvalue weighted by atomic mass is 9.70. The van der Waals surface area contributed by atoms with Crippen molar-refractivity contribution in [2.24, 2.45) is 17.1 Å². The van der Waals surface area contributed by atoms with Crippen LogP contribution in [0.5, 0.6) is 0 Å². The van der Waals surface area contributed by atoms with E-state index < -0.39 is 0 Å². The molecular weight excluding hydrogens is 327 g/mol. The number of hydrogen-bond donors (Lipinski definition) is 1. The van der Waals surface area contributed by atoms with E-state index in [4.69, 9.17) is 5.73 Å². The Morgan fingerprint density at radius 3 is 2.46 bits per heavy atom. The molecule has 3 nitrogen and oxygen atoms in total. The maximum Gasteiger partial charge on any atom is 0.226 e. The van der Waals surface area contributed by atoms with Crippen LogP contribution in [0.25, 0.3) is 0 Å². The molecule has 0 radical (unpaired) electrons. The number of hydrogen-bond acceptors (Lipinski definition) is 2. The highest BCUT2D eigenvalue weighted by molar-refractivity contribution is 5.81. The first-order valence-electron chi connectivity index (χ1n) is 9.47. The predicted molar refractivity (Wildman–Crippen MR) is 97.9 cm³/mol. The Kier molecular flexibility index (Phi) is 3.48. The summed E-state index contributed by atoms with van der Waals surface area (Å²) in [4.78, 5) is 15.3. The van der Waals surface area contributed by atoms with Crippen LogP contribution in [0.3, 0.4) is 0 Å². The minimum Gasteiger partial charge on any atom is -0.331 e. The number of fused-ring (bicyclic) bond motifs is 1. The van der Waals surface area contributed by atoms with Crippen LogP contribution in [-0.4, -0.2) is 23.4 Å². The second kappa shape index (κ2) is 5.65. The molecule has 0 bridgehead atoms. The van der Waals surface area contributed by atoms with Gasteiger partial charge in [0.05, 0.1) is 6.04 Å². The van der Waals surface area contributed by atoms with Crippen molar-refractivity contribution in [1.29, 1.82) is 0 Å². The quantitative estimate of drug-likeness (QED) is 0.902. The molecule has 134 valence electrons. The first-order valence-corrected chi connectivity index (χ1v) is 9.47. The van der Waals surface area contributed by atoms with Gasteiger partial charge >= 0.3 is 0 Å². The van der Waals surface area contributed by atoms with Gasteiger partial charge in [0.15, 0.2) is 0 Å². The Morgan fingerprint density at radius 1 is 1.08 bits per heavy atom. The molecule has 5 rings (SSSR count). The van der Waals surface area contributed by atoms with Gasteiger partial charge in [0, 0.05) is 18.5 Å². The maximum atomic E-state index is 13.4. The van der Waals surface area contributed by atoms with E-state index in [0.29, 0.717) is 12.6 Å². The molecule has 2 N–H and O–H groups in total. The van der Waals surface area contributed by atoms with Crippen molar-refractivity contribution in [2.45, 2.75) is 37.8 Å². The molecule has 2 aliphatic carbocycles. The molecule has 1 aliphatic heterocycles. The topological polar surface area (TPSA) is 46.3 Å². The summed E-state index contributed by atoms with van der Waals surface area (Å²) in [6, 6.07) is 15.0. The molecule has 26 heavy (non-hydrogen) atoms. The summed E-state index contributed by atoms with van der Waals surface area (Å²) < 4.78 is 13.4. The van der Waals surface area contributed by atoms with Crippen molar-refractivity contribution in [1.82, 2.24) is 4.90 Å². The van der Waals surface area contributed by atoms with Crippen LogP contribution >= 0.6 is 0 Å². The van der Waals surface area contributed by atoms with Crippen LogP contribution in [0.2, 0.25) is 0 Å². The lowest BCUT2D eigenvalue weighted by Crippen LogP contribution is -2.48. The number of benzene rings is 2. The van der Waals surface area contributed by atoms with E-state index >= 15 is 0 Å². The van der Waals surface area contributed by atoms with Crippen LogP contribution in [0.1, 0.15) is 42.0 Å². The zero-order valence-electron chi connectivity index (χ0n) is 14.7. The highest BCUT2D eigenvalue weighted by atomic mass is 19.1. The number of carbonyl (C=O) groups excluding carboxylic acids is 1. The van der Waals surface area contributed by atoms with Gasteiger partial charge in [-0.3, -0.25) is 4.79 Å². The number of carbonyl (C=O) groups is 1. The van der Waals surface area contributed by atoms with Gasteiger partial charge in [0.2, 0.25) is 5.91 Å². The number of halogens is 1. The van der Waals surface area contributed by atoms with E-state index in [2.05, 4.69) is 12.1 Å². The number of rotatable bonds is 2. The van der Waals surface area contributed by atoms with E-state index in [0.717, 1.165) is 36.8 Å². The van der Waals surface area contributed by atoms with E-state index in [9.17, 15) is 9.18 Å². The molecule has 4 heteroatoms. The van der Waals surface area contributed by atoms with Gasteiger partial charge < -0.3 is 10.6 Å². The predicted octanol–water partition coefficient (Wildman–Crippen LogP) is 3.43. The highest BCUT2D eigenvalue weighted by Gasteiger charge is 2.62. The van der Waals surface area contributed by atoms with Gasteiger partial charge in [-0.2, -0.15) is 0 Å². The van der Waals surface area contributed by atoms with Gasteiger partial charge in [0.25, 0.3) is 0 Å². The summed E-state index contributed by atoms with van der Waals surface area (Å²) in [5, 5.41) is 0. The van der Waals surface area contributed by atoms with Gasteiger partial charge in [-0.1, -0.05) is 36.4 Å². The third-order valence-electron chi connectivity index (χ3n) is 6.66. The minimum absolute atomic E-state index is 0.0942. The highest BCUT2D eigenvalue weighted by Crippen LogP contribution is 2.62. The van der Waals surface area contributed by atoms with Crippen molar-refractivity contribution < 1.29 is 9.18 Å². The Labute approximate surface area is 153 Å². The number of amides is 1. The summed E-state index contributed by atoms with van der Waals surface area (Å²) in [5.41, 5.74) is 9.72. The Bertz CT molecular complexity index is 857. The van der Waals surface area contributed by atoms with Gasteiger partial charge in [-0.15, -0.1) is 0 Å². The summed E-state index contributed by atoms with van der Waals surface area (Å²) in [6.45, 7) is 0.716. The molecule has 3 aliphatic rings. The van der Waals surface area contributed by atoms with Crippen molar-refractivity contribution >= 4 is 5.91 Å². The first kappa shape index (κ1) is 16.0. The maximum absolute atomic E-state index is 13.4. The van der Waals surface area contributed by atoms with Crippen molar-refractivity contribution in [3.63, 3.8) is 0 Å². The Hall–Kier alpha value is -2.20. The fraction of sp³-hybridized carbons (Fsp3) is 0.409. The first-order chi connectivity index (χ1) is 12.6. The van der Waals surface area contributed by atoms with Crippen LogP contribution in [-0.2, 0) is 11.2 Å². The van der Waals surface area contributed by atoms with Gasteiger partial charge in [-0.05, 0) is 59.9 Å². The van der Waals surface area contributed by atoms with Crippen molar-refractivity contribution in [2.75, 3.05) is 6.54 Å². The Morgan fingerprint density at radius 2 is 1.77 bits per heavy atom.